The highest BCUT2D eigenvalue weighted by Gasteiger charge is 2.13. The predicted octanol–water partition coefficient (Wildman–Crippen LogP) is 5.51. The number of anilines is 2. The zero-order valence-corrected chi connectivity index (χ0v) is 22.0. The van der Waals surface area contributed by atoms with Crippen molar-refractivity contribution in [1.82, 2.24) is 15.0 Å². The van der Waals surface area contributed by atoms with Gasteiger partial charge in [-0.15, -0.1) is 62.3 Å². The van der Waals surface area contributed by atoms with Crippen molar-refractivity contribution >= 4 is 73.9 Å². The number of hydrogen-bond acceptors (Lipinski definition) is 7. The average molecular weight is 611 g/mol. The molecule has 0 aliphatic rings. The zero-order chi connectivity index (χ0) is 18.4. The Morgan fingerprint density at radius 2 is 1.86 bits per heavy atom. The molecule has 29 heavy (non-hydrogen) atoms. The zero-order valence-electron chi connectivity index (χ0n) is 16.1. The molecule has 0 fully saturated rings. The van der Waals surface area contributed by atoms with E-state index in [9.17, 15) is 0 Å². The van der Waals surface area contributed by atoms with Crippen molar-refractivity contribution in [3.8, 4) is 10.6 Å². The van der Waals surface area contributed by atoms with Gasteiger partial charge in [-0.05, 0) is 56.1 Å². The van der Waals surface area contributed by atoms with Gasteiger partial charge in [0, 0.05) is 12.4 Å². The monoisotopic (exact) mass is 608 g/mol. The summed E-state index contributed by atoms with van der Waals surface area (Å²) in [5, 5.41) is 4.19. The summed E-state index contributed by atoms with van der Waals surface area (Å²) < 4.78 is 0. The smallest absolute Gasteiger partial charge is 0.132 e. The molecule has 3 aromatic heterocycles. The molecule has 0 radical (unpaired) electrons. The molecule has 3 rings (SSSR count). The molecule has 3 heterocycles. The Labute approximate surface area is 207 Å². The SMILES string of the molecule is Br.Br.Br.Cc1ccnc(Nc2cccc(-c3cnc([C@@H](N)CCCCN)s3)n2)c1. The van der Waals surface area contributed by atoms with Crippen LogP contribution < -0.4 is 16.8 Å². The van der Waals surface area contributed by atoms with Crippen LogP contribution in [0.15, 0.2) is 42.7 Å². The summed E-state index contributed by atoms with van der Waals surface area (Å²) in [7, 11) is 0. The van der Waals surface area contributed by atoms with Gasteiger partial charge in [-0.3, -0.25) is 0 Å². The van der Waals surface area contributed by atoms with Crippen LogP contribution in [0.3, 0.4) is 0 Å². The van der Waals surface area contributed by atoms with Crippen LogP contribution in [0.5, 0.6) is 0 Å². The number of nitrogens with zero attached hydrogens (tertiary/aromatic N) is 3. The second kappa shape index (κ2) is 14.2. The molecule has 0 aliphatic carbocycles. The lowest BCUT2D eigenvalue weighted by Crippen LogP contribution is -2.10. The van der Waals surface area contributed by atoms with E-state index in [-0.39, 0.29) is 57.0 Å². The third-order valence-corrected chi connectivity index (χ3v) is 5.13. The Morgan fingerprint density at radius 1 is 1.07 bits per heavy atom. The van der Waals surface area contributed by atoms with Crippen molar-refractivity contribution in [2.75, 3.05) is 11.9 Å². The molecule has 6 nitrogen and oxygen atoms in total. The molecule has 0 saturated carbocycles. The molecule has 0 saturated heterocycles. The first-order chi connectivity index (χ1) is 12.7. The molecule has 10 heteroatoms. The van der Waals surface area contributed by atoms with Crippen molar-refractivity contribution in [2.45, 2.75) is 32.2 Å². The molecule has 0 aromatic carbocycles. The minimum Gasteiger partial charge on any atom is -0.330 e. The highest BCUT2D eigenvalue weighted by atomic mass is 79.9. The van der Waals surface area contributed by atoms with E-state index in [0.717, 1.165) is 52.0 Å². The van der Waals surface area contributed by atoms with Crippen molar-refractivity contribution in [2.24, 2.45) is 11.5 Å². The number of halogens is 3. The molecular weight excluding hydrogens is 584 g/mol. The molecule has 3 aromatic rings. The lowest BCUT2D eigenvalue weighted by atomic mass is 10.1. The minimum atomic E-state index is -0.0434. The van der Waals surface area contributed by atoms with Crippen LogP contribution in [-0.4, -0.2) is 21.5 Å². The third kappa shape index (κ3) is 8.39. The largest absolute Gasteiger partial charge is 0.330 e. The molecular formula is C19H27Br3N6S. The van der Waals surface area contributed by atoms with Gasteiger partial charge in [0.1, 0.15) is 16.6 Å². The number of pyridine rings is 2. The maximum absolute atomic E-state index is 6.24. The number of nitrogens with one attached hydrogen (secondary N) is 1. The van der Waals surface area contributed by atoms with Crippen LogP contribution in [0.1, 0.15) is 35.9 Å². The minimum absolute atomic E-state index is 0. The number of aromatic nitrogens is 3. The standard InChI is InChI=1S/C19H24N6S.3BrH/c1-13-8-10-22-18(11-13)25-17-7-4-6-15(24-17)16-12-23-19(26-16)14(21)5-2-3-9-20;;;/h4,6-8,10-12,14H,2-3,5,9,20-21H2,1H3,(H,22,24,25);3*1H/t14-;;;/m0.../s1. The number of rotatable bonds is 8. The van der Waals surface area contributed by atoms with E-state index in [1.54, 1.807) is 17.5 Å². The predicted molar refractivity (Wildman–Crippen MR) is 138 cm³/mol. The van der Waals surface area contributed by atoms with Crippen LogP contribution in [0.2, 0.25) is 0 Å². The second-order valence-corrected chi connectivity index (χ2v) is 7.27. The van der Waals surface area contributed by atoms with Crippen LogP contribution in [0.25, 0.3) is 10.6 Å². The van der Waals surface area contributed by atoms with Crippen molar-refractivity contribution in [3.63, 3.8) is 0 Å². The van der Waals surface area contributed by atoms with Gasteiger partial charge in [0.25, 0.3) is 0 Å². The first-order valence-corrected chi connectivity index (χ1v) is 9.56. The Hall–Kier alpha value is -0.910. The van der Waals surface area contributed by atoms with Gasteiger partial charge in [0.2, 0.25) is 0 Å². The molecule has 0 aliphatic heterocycles. The molecule has 5 N–H and O–H groups in total. The first-order valence-electron chi connectivity index (χ1n) is 8.74. The molecule has 0 spiro atoms. The topological polar surface area (TPSA) is 103 Å². The van der Waals surface area contributed by atoms with Crippen molar-refractivity contribution in [3.05, 3.63) is 53.3 Å². The van der Waals surface area contributed by atoms with Crippen LogP contribution in [0.4, 0.5) is 11.6 Å². The Morgan fingerprint density at radius 3 is 2.59 bits per heavy atom. The Balaban J connectivity index is 0.00000261. The lowest BCUT2D eigenvalue weighted by molar-refractivity contribution is 0.588. The number of nitrogens with two attached hydrogens (primary N) is 2. The van der Waals surface area contributed by atoms with Crippen molar-refractivity contribution < 1.29 is 0 Å². The molecule has 1 atom stereocenters. The fourth-order valence-electron chi connectivity index (χ4n) is 2.59. The fraction of sp³-hybridized carbons (Fsp3) is 0.316. The number of aryl methyl sites for hydroxylation is 1. The number of unbranched alkanes of at least 4 members (excludes halogenated alkanes) is 1. The van der Waals surface area contributed by atoms with E-state index in [1.165, 1.54) is 0 Å². The van der Waals surface area contributed by atoms with Crippen LogP contribution >= 0.6 is 62.3 Å². The second-order valence-electron chi connectivity index (χ2n) is 6.21. The van der Waals surface area contributed by atoms with E-state index in [1.807, 2.05) is 43.5 Å². The fourth-order valence-corrected chi connectivity index (χ4v) is 3.51. The maximum Gasteiger partial charge on any atom is 0.132 e. The molecule has 0 amide bonds. The number of hydrogen-bond donors (Lipinski definition) is 3. The lowest BCUT2D eigenvalue weighted by Gasteiger charge is -2.07. The van der Waals surface area contributed by atoms with E-state index in [0.29, 0.717) is 6.54 Å². The number of thiazole rings is 1. The van der Waals surface area contributed by atoms with Crippen LogP contribution in [-0.2, 0) is 0 Å². The summed E-state index contributed by atoms with van der Waals surface area (Å²) in [5.74, 6) is 1.53. The Kier molecular flexibility index (Phi) is 13.7. The molecule has 0 bridgehead atoms. The third-order valence-electron chi connectivity index (χ3n) is 3.98. The van der Waals surface area contributed by atoms with Gasteiger partial charge >= 0.3 is 0 Å². The highest BCUT2D eigenvalue weighted by Crippen LogP contribution is 2.30. The first kappa shape index (κ1) is 28.1. The van der Waals surface area contributed by atoms with Gasteiger partial charge < -0.3 is 16.8 Å². The summed E-state index contributed by atoms with van der Waals surface area (Å²) in [5.41, 5.74) is 13.8. The van der Waals surface area contributed by atoms with Gasteiger partial charge in [-0.1, -0.05) is 12.5 Å². The van der Waals surface area contributed by atoms with Gasteiger partial charge in [-0.2, -0.15) is 0 Å². The average Bonchev–Trinajstić information content (AvgIpc) is 3.12. The Bertz CT molecular complexity index is 861. The summed E-state index contributed by atoms with van der Waals surface area (Å²) >= 11 is 1.60. The normalized spacial score (nSPS) is 10.9. The van der Waals surface area contributed by atoms with E-state index < -0.39 is 0 Å². The summed E-state index contributed by atoms with van der Waals surface area (Å²) in [6.07, 6.45) is 6.54. The molecule has 0 unspecified atom stereocenters. The van der Waals surface area contributed by atoms with Gasteiger partial charge in [0.05, 0.1) is 16.6 Å². The van der Waals surface area contributed by atoms with Crippen molar-refractivity contribution in [1.29, 1.82) is 0 Å². The molecule has 160 valence electrons. The van der Waals surface area contributed by atoms with Gasteiger partial charge in [0.15, 0.2) is 0 Å². The summed E-state index contributed by atoms with van der Waals surface area (Å²) in [6.45, 7) is 2.74. The van der Waals surface area contributed by atoms with Crippen LogP contribution in [0, 0.1) is 6.92 Å². The van der Waals surface area contributed by atoms with E-state index >= 15 is 0 Å². The summed E-state index contributed by atoms with van der Waals surface area (Å²) in [4.78, 5) is 14.5. The maximum atomic E-state index is 6.24. The van der Waals surface area contributed by atoms with Gasteiger partial charge in [-0.25, -0.2) is 15.0 Å². The van der Waals surface area contributed by atoms with E-state index in [2.05, 4.69) is 20.3 Å². The highest BCUT2D eigenvalue weighted by molar-refractivity contribution is 8.93. The summed E-state index contributed by atoms with van der Waals surface area (Å²) in [6, 6.07) is 9.78. The van der Waals surface area contributed by atoms with E-state index in [4.69, 9.17) is 11.5 Å². The quantitative estimate of drug-likeness (QED) is 0.291.